The van der Waals surface area contributed by atoms with Crippen molar-refractivity contribution in [1.82, 2.24) is 15.0 Å². The Hall–Kier alpha value is -2.13. The van der Waals surface area contributed by atoms with Crippen molar-refractivity contribution in [3.05, 3.63) is 36.2 Å². The molecule has 0 saturated carbocycles. The van der Waals surface area contributed by atoms with Gasteiger partial charge in [-0.05, 0) is 43.5 Å². The molecule has 3 N–H and O–H groups in total. The van der Waals surface area contributed by atoms with E-state index in [1.165, 1.54) is 5.56 Å². The van der Waals surface area contributed by atoms with Gasteiger partial charge in [-0.2, -0.15) is 0 Å². The predicted molar refractivity (Wildman–Crippen MR) is 92.2 cm³/mol. The van der Waals surface area contributed by atoms with Crippen LogP contribution < -0.4 is 11.2 Å². The zero-order valence-corrected chi connectivity index (χ0v) is 13.8. The lowest BCUT2D eigenvalue weighted by Gasteiger charge is -2.11. The van der Waals surface area contributed by atoms with E-state index >= 15 is 0 Å². The van der Waals surface area contributed by atoms with Crippen molar-refractivity contribution in [3.63, 3.8) is 0 Å². The third-order valence-electron chi connectivity index (χ3n) is 3.71. The first kappa shape index (κ1) is 14.8. The Labute approximate surface area is 129 Å². The van der Waals surface area contributed by atoms with Gasteiger partial charge < -0.3 is 15.3 Å². The molecule has 5 nitrogen and oxygen atoms in total. The molecule has 0 aromatic carbocycles. The smallest absolute Gasteiger partial charge is 0.137 e. The van der Waals surface area contributed by atoms with Crippen molar-refractivity contribution < 1.29 is 4.57 Å². The fraction of sp³-hybridized carbons (Fsp3) is 0.250. The van der Waals surface area contributed by atoms with E-state index in [2.05, 4.69) is 27.9 Å². The van der Waals surface area contributed by atoms with E-state index in [-0.39, 0.29) is 0 Å². The molecule has 3 rings (SSSR count). The number of aryl methyl sites for hydroxylation is 1. The van der Waals surface area contributed by atoms with Crippen molar-refractivity contribution in [3.8, 4) is 11.3 Å². The topological polar surface area (TPSA) is 84.7 Å². The summed E-state index contributed by atoms with van der Waals surface area (Å²) >= 11 is 0. The fourth-order valence-electron chi connectivity index (χ4n) is 2.54. The second-order valence-electron chi connectivity index (χ2n) is 5.75. The van der Waals surface area contributed by atoms with Crippen LogP contribution in [0.25, 0.3) is 22.3 Å². The highest BCUT2D eigenvalue weighted by atomic mass is 31.2. The summed E-state index contributed by atoms with van der Waals surface area (Å²) in [4.78, 5) is 12.1. The summed E-state index contributed by atoms with van der Waals surface area (Å²) in [6.07, 6.45) is 4.69. The van der Waals surface area contributed by atoms with Crippen LogP contribution >= 0.6 is 7.14 Å². The molecule has 114 valence electrons. The third kappa shape index (κ3) is 2.53. The van der Waals surface area contributed by atoms with Crippen LogP contribution in [0, 0.1) is 0 Å². The molecule has 0 aliphatic rings. The standard InChI is InChI=1S/C16H19N4OP/c1-4-10-8-18-15-12(10)7-11(9-19-15)14-6-5-13(17)16(20-14)22(2,3)21/h5-9H,4,17H2,1-3H3,(H,18,19). The number of aromatic nitrogens is 3. The lowest BCUT2D eigenvalue weighted by atomic mass is 10.1. The first-order valence-electron chi connectivity index (χ1n) is 7.18. The molecule has 0 aliphatic carbocycles. The van der Waals surface area contributed by atoms with Gasteiger partial charge in [-0.3, -0.25) is 0 Å². The molecule has 3 aromatic heterocycles. The van der Waals surface area contributed by atoms with E-state index in [4.69, 9.17) is 5.73 Å². The average molecular weight is 314 g/mol. The number of nitrogens with one attached hydrogen (secondary N) is 1. The first-order chi connectivity index (χ1) is 10.4. The number of H-pyrrole nitrogens is 1. The molecule has 0 aliphatic heterocycles. The van der Waals surface area contributed by atoms with Crippen LogP contribution in [-0.2, 0) is 11.0 Å². The average Bonchev–Trinajstić information content (AvgIpc) is 2.88. The molecule has 0 spiro atoms. The Morgan fingerprint density at radius 2 is 2.09 bits per heavy atom. The number of nitrogens with zero attached hydrogens (tertiary/aromatic N) is 2. The van der Waals surface area contributed by atoms with Crippen LogP contribution in [0.3, 0.4) is 0 Å². The lowest BCUT2D eigenvalue weighted by molar-refractivity contribution is 0.588. The SMILES string of the molecule is CCc1c[nH]c2ncc(-c3ccc(N)c(P(C)(C)=O)n3)cc12. The van der Waals surface area contributed by atoms with Gasteiger partial charge in [0.2, 0.25) is 0 Å². The second kappa shape index (κ2) is 5.25. The maximum atomic E-state index is 12.3. The summed E-state index contributed by atoms with van der Waals surface area (Å²) in [7, 11) is -2.52. The van der Waals surface area contributed by atoms with Gasteiger partial charge in [0.05, 0.1) is 11.4 Å². The van der Waals surface area contributed by atoms with E-state index in [1.54, 1.807) is 25.6 Å². The van der Waals surface area contributed by atoms with Gasteiger partial charge in [-0.25, -0.2) is 9.97 Å². The van der Waals surface area contributed by atoms with Gasteiger partial charge in [0, 0.05) is 23.3 Å². The molecule has 22 heavy (non-hydrogen) atoms. The summed E-state index contributed by atoms with van der Waals surface area (Å²) in [6, 6.07) is 5.67. The highest BCUT2D eigenvalue weighted by Crippen LogP contribution is 2.36. The Bertz CT molecular complexity index is 894. The van der Waals surface area contributed by atoms with Gasteiger partial charge in [-0.15, -0.1) is 0 Å². The molecular formula is C16H19N4OP. The zero-order valence-electron chi connectivity index (χ0n) is 12.9. The summed E-state index contributed by atoms with van der Waals surface area (Å²) < 4.78 is 12.3. The molecule has 0 fully saturated rings. The number of anilines is 1. The molecule has 0 radical (unpaired) electrons. The van der Waals surface area contributed by atoms with Crippen LogP contribution in [0.5, 0.6) is 0 Å². The number of aromatic amines is 1. The number of fused-ring (bicyclic) bond motifs is 1. The summed E-state index contributed by atoms with van der Waals surface area (Å²) in [5, 5.41) is 1.09. The maximum Gasteiger partial charge on any atom is 0.137 e. The number of nitrogen functional groups attached to an aromatic ring is 1. The van der Waals surface area contributed by atoms with Gasteiger partial charge >= 0.3 is 0 Å². The zero-order chi connectivity index (χ0) is 15.9. The van der Waals surface area contributed by atoms with Gasteiger partial charge in [-0.1, -0.05) is 6.92 Å². The highest BCUT2D eigenvalue weighted by Gasteiger charge is 2.18. The minimum atomic E-state index is -2.52. The second-order valence-corrected chi connectivity index (χ2v) is 8.87. The Balaban J connectivity index is 2.17. The van der Waals surface area contributed by atoms with Crippen molar-refractivity contribution in [2.75, 3.05) is 19.1 Å². The van der Waals surface area contributed by atoms with Crippen molar-refractivity contribution in [2.24, 2.45) is 0 Å². The number of hydrogen-bond donors (Lipinski definition) is 2. The first-order valence-corrected chi connectivity index (χ1v) is 9.78. The van der Waals surface area contributed by atoms with E-state index in [9.17, 15) is 4.57 Å². The molecule has 0 amide bonds. The normalized spacial score (nSPS) is 12.0. The molecular weight excluding hydrogens is 295 g/mol. The molecule has 3 aromatic rings. The van der Waals surface area contributed by atoms with Crippen LogP contribution in [0.1, 0.15) is 12.5 Å². The highest BCUT2D eigenvalue weighted by molar-refractivity contribution is 7.70. The Morgan fingerprint density at radius 3 is 2.77 bits per heavy atom. The largest absolute Gasteiger partial charge is 0.397 e. The third-order valence-corrected chi connectivity index (χ3v) is 5.09. The molecule has 3 heterocycles. The number of nitrogens with two attached hydrogens (primary N) is 1. The predicted octanol–water partition coefficient (Wildman–Crippen LogP) is 3.02. The van der Waals surface area contributed by atoms with Crippen LogP contribution in [-0.4, -0.2) is 28.3 Å². The number of hydrogen-bond acceptors (Lipinski definition) is 4. The van der Waals surface area contributed by atoms with Crippen molar-refractivity contribution in [1.29, 1.82) is 0 Å². The summed E-state index contributed by atoms with van der Waals surface area (Å²) in [6.45, 7) is 5.47. The number of pyridine rings is 2. The minimum absolute atomic E-state index is 0.474. The molecule has 0 bridgehead atoms. The molecule has 0 saturated heterocycles. The van der Waals surface area contributed by atoms with Crippen molar-refractivity contribution >= 4 is 29.3 Å². The minimum Gasteiger partial charge on any atom is -0.397 e. The summed E-state index contributed by atoms with van der Waals surface area (Å²) in [5.41, 5.74) is 10.6. The fourth-order valence-corrected chi connectivity index (χ4v) is 3.59. The van der Waals surface area contributed by atoms with Crippen LogP contribution in [0.15, 0.2) is 30.6 Å². The Morgan fingerprint density at radius 1 is 1.32 bits per heavy atom. The number of rotatable bonds is 3. The van der Waals surface area contributed by atoms with E-state index in [0.717, 1.165) is 28.7 Å². The van der Waals surface area contributed by atoms with E-state index < -0.39 is 7.14 Å². The van der Waals surface area contributed by atoms with E-state index in [0.29, 0.717) is 11.1 Å². The van der Waals surface area contributed by atoms with Crippen molar-refractivity contribution in [2.45, 2.75) is 13.3 Å². The lowest BCUT2D eigenvalue weighted by Crippen LogP contribution is -2.14. The van der Waals surface area contributed by atoms with Crippen LogP contribution in [0.4, 0.5) is 5.69 Å². The van der Waals surface area contributed by atoms with Crippen LogP contribution in [0.2, 0.25) is 0 Å². The molecule has 0 atom stereocenters. The van der Waals surface area contributed by atoms with Gasteiger partial charge in [0.1, 0.15) is 18.2 Å². The summed E-state index contributed by atoms with van der Waals surface area (Å²) in [5.74, 6) is 0. The maximum absolute atomic E-state index is 12.3. The quantitative estimate of drug-likeness (QED) is 0.728. The monoisotopic (exact) mass is 314 g/mol. The van der Waals surface area contributed by atoms with Gasteiger partial charge in [0.15, 0.2) is 0 Å². The molecule has 0 unspecified atom stereocenters. The Kier molecular flexibility index (Phi) is 3.53. The van der Waals surface area contributed by atoms with Gasteiger partial charge in [0.25, 0.3) is 0 Å². The van der Waals surface area contributed by atoms with E-state index in [1.807, 2.05) is 12.3 Å². The molecule has 6 heteroatoms.